The van der Waals surface area contributed by atoms with Crippen LogP contribution in [0.2, 0.25) is 0 Å². The first-order valence-electron chi connectivity index (χ1n) is 7.61. The van der Waals surface area contributed by atoms with Crippen LogP contribution in [-0.2, 0) is 4.79 Å². The molecular weight excluding hydrogens is 268 g/mol. The molecule has 1 amide bonds. The molecule has 114 valence electrons. The van der Waals surface area contributed by atoms with Crippen molar-refractivity contribution in [2.75, 3.05) is 6.54 Å². The van der Waals surface area contributed by atoms with Gasteiger partial charge in [-0.25, -0.2) is 0 Å². The summed E-state index contributed by atoms with van der Waals surface area (Å²) in [5.74, 6) is 1.23. The Bertz CT molecular complexity index is 520. The van der Waals surface area contributed by atoms with E-state index in [-0.39, 0.29) is 24.1 Å². The fourth-order valence-corrected chi connectivity index (χ4v) is 2.91. The molecule has 0 spiro atoms. The largest absolute Gasteiger partial charge is 0.482 e. The first-order valence-corrected chi connectivity index (χ1v) is 7.61. The van der Waals surface area contributed by atoms with Crippen molar-refractivity contribution in [2.45, 2.75) is 51.0 Å². The van der Waals surface area contributed by atoms with Gasteiger partial charge in [0, 0.05) is 12.1 Å². The molecule has 1 aromatic carbocycles. The van der Waals surface area contributed by atoms with Crippen LogP contribution in [0.4, 0.5) is 0 Å². The van der Waals surface area contributed by atoms with Crippen molar-refractivity contribution < 1.29 is 14.3 Å². The molecule has 3 rings (SSSR count). The lowest BCUT2D eigenvalue weighted by Crippen LogP contribution is -2.57. The molecule has 4 unspecified atom stereocenters. The fourth-order valence-electron chi connectivity index (χ4n) is 2.91. The minimum Gasteiger partial charge on any atom is -0.482 e. The maximum absolute atomic E-state index is 12.5. The smallest absolute Gasteiger partial charge is 0.265 e. The molecule has 0 bridgehead atoms. The minimum absolute atomic E-state index is 0.0995. The highest BCUT2D eigenvalue weighted by Gasteiger charge is 2.35. The van der Waals surface area contributed by atoms with Crippen LogP contribution in [0.5, 0.6) is 11.5 Å². The summed E-state index contributed by atoms with van der Waals surface area (Å²) in [7, 11) is 0. The third kappa shape index (κ3) is 2.97. The molecule has 5 nitrogen and oxygen atoms in total. The molecule has 0 aromatic heterocycles. The monoisotopic (exact) mass is 290 g/mol. The number of carbonyl (C=O) groups excluding carboxylic acids is 1. The van der Waals surface area contributed by atoms with Gasteiger partial charge < -0.3 is 20.1 Å². The first-order chi connectivity index (χ1) is 10.1. The highest BCUT2D eigenvalue weighted by Crippen LogP contribution is 2.33. The van der Waals surface area contributed by atoms with Gasteiger partial charge >= 0.3 is 0 Å². The summed E-state index contributed by atoms with van der Waals surface area (Å²) in [6, 6.07) is 7.89. The average Bonchev–Trinajstić information content (AvgIpc) is 2.49. The van der Waals surface area contributed by atoms with Crippen LogP contribution in [0.1, 0.15) is 26.7 Å². The number of ether oxygens (including phenoxy) is 2. The molecule has 2 N–H and O–H groups in total. The van der Waals surface area contributed by atoms with Crippen LogP contribution in [0.15, 0.2) is 24.3 Å². The highest BCUT2D eigenvalue weighted by atomic mass is 16.6. The molecule has 0 radical (unpaired) electrons. The zero-order chi connectivity index (χ0) is 14.8. The number of hydrogen-bond donors (Lipinski definition) is 2. The molecule has 5 heteroatoms. The zero-order valence-corrected chi connectivity index (χ0v) is 12.5. The number of fused-ring (bicyclic) bond motifs is 1. The Balaban J connectivity index is 1.67. The van der Waals surface area contributed by atoms with E-state index in [1.54, 1.807) is 0 Å². The van der Waals surface area contributed by atoms with Crippen LogP contribution in [0.3, 0.4) is 0 Å². The highest BCUT2D eigenvalue weighted by molar-refractivity contribution is 5.82. The van der Waals surface area contributed by atoms with E-state index in [4.69, 9.17) is 9.47 Å². The average molecular weight is 290 g/mol. The molecule has 2 aliphatic rings. The lowest BCUT2D eigenvalue weighted by molar-refractivity contribution is -0.134. The lowest BCUT2D eigenvalue weighted by atomic mass is 9.99. The van der Waals surface area contributed by atoms with Gasteiger partial charge in [0.05, 0.1) is 0 Å². The number of hydrogen-bond acceptors (Lipinski definition) is 4. The molecule has 0 saturated carbocycles. The number of amides is 1. The third-order valence-corrected chi connectivity index (χ3v) is 4.19. The number of para-hydroxylation sites is 2. The van der Waals surface area contributed by atoms with E-state index in [1.807, 2.05) is 31.2 Å². The summed E-state index contributed by atoms with van der Waals surface area (Å²) in [5, 5.41) is 6.47. The molecule has 2 aliphatic heterocycles. The van der Waals surface area contributed by atoms with Gasteiger partial charge in [0.25, 0.3) is 5.91 Å². The van der Waals surface area contributed by atoms with Gasteiger partial charge in [-0.1, -0.05) is 12.1 Å². The number of benzene rings is 1. The topological polar surface area (TPSA) is 59.6 Å². The summed E-state index contributed by atoms with van der Waals surface area (Å²) in [5.41, 5.74) is 0. The van der Waals surface area contributed by atoms with Crippen LogP contribution in [0, 0.1) is 0 Å². The Morgan fingerprint density at radius 2 is 1.95 bits per heavy atom. The molecule has 0 aliphatic carbocycles. The van der Waals surface area contributed by atoms with Gasteiger partial charge in [0.15, 0.2) is 11.5 Å². The van der Waals surface area contributed by atoms with E-state index < -0.39 is 6.10 Å². The van der Waals surface area contributed by atoms with E-state index in [0.29, 0.717) is 11.5 Å². The summed E-state index contributed by atoms with van der Waals surface area (Å²) >= 11 is 0. The Labute approximate surface area is 125 Å². The summed E-state index contributed by atoms with van der Waals surface area (Å²) in [6.45, 7) is 4.98. The Morgan fingerprint density at radius 3 is 2.67 bits per heavy atom. The van der Waals surface area contributed by atoms with E-state index >= 15 is 0 Å². The predicted octanol–water partition coefficient (Wildman–Crippen LogP) is 1.47. The number of carbonyl (C=O) groups is 1. The van der Waals surface area contributed by atoms with Gasteiger partial charge in [0.1, 0.15) is 6.10 Å². The van der Waals surface area contributed by atoms with Gasteiger partial charge in [0.2, 0.25) is 6.10 Å². The Morgan fingerprint density at radius 1 is 1.24 bits per heavy atom. The number of piperidine rings is 1. The van der Waals surface area contributed by atoms with Gasteiger partial charge in [-0.05, 0) is 45.4 Å². The first kappa shape index (κ1) is 14.2. The summed E-state index contributed by atoms with van der Waals surface area (Å²) in [4.78, 5) is 12.5. The van der Waals surface area contributed by atoms with Crippen LogP contribution in [-0.4, -0.2) is 36.7 Å². The summed E-state index contributed by atoms with van der Waals surface area (Å²) < 4.78 is 11.6. The number of nitrogens with one attached hydrogen (secondary N) is 2. The van der Waals surface area contributed by atoms with Crippen molar-refractivity contribution in [1.29, 1.82) is 0 Å². The lowest BCUT2D eigenvalue weighted by Gasteiger charge is -2.35. The van der Waals surface area contributed by atoms with Crippen LogP contribution >= 0.6 is 0 Å². The van der Waals surface area contributed by atoms with E-state index in [9.17, 15) is 4.79 Å². The van der Waals surface area contributed by atoms with E-state index in [1.165, 1.54) is 0 Å². The maximum Gasteiger partial charge on any atom is 0.265 e. The van der Waals surface area contributed by atoms with Gasteiger partial charge in [-0.3, -0.25) is 4.79 Å². The van der Waals surface area contributed by atoms with Crippen molar-refractivity contribution >= 4 is 5.91 Å². The fraction of sp³-hybridized carbons (Fsp3) is 0.562. The molecular formula is C16H22N2O3. The van der Waals surface area contributed by atoms with Crippen LogP contribution in [0.25, 0.3) is 0 Å². The van der Waals surface area contributed by atoms with Crippen molar-refractivity contribution in [1.82, 2.24) is 10.6 Å². The van der Waals surface area contributed by atoms with Crippen molar-refractivity contribution in [3.05, 3.63) is 24.3 Å². The molecule has 1 aromatic rings. The normalized spacial score (nSPS) is 31.5. The van der Waals surface area contributed by atoms with Gasteiger partial charge in [-0.2, -0.15) is 0 Å². The molecule has 21 heavy (non-hydrogen) atoms. The maximum atomic E-state index is 12.5. The van der Waals surface area contributed by atoms with E-state index in [2.05, 4.69) is 17.6 Å². The second-order valence-electron chi connectivity index (χ2n) is 5.81. The molecule has 1 fully saturated rings. The second kappa shape index (κ2) is 5.93. The SMILES string of the molecule is CC1NCCCC1NC(=O)C1Oc2ccccc2OC1C. The van der Waals surface area contributed by atoms with Crippen LogP contribution < -0.4 is 20.1 Å². The van der Waals surface area contributed by atoms with E-state index in [0.717, 1.165) is 19.4 Å². The Kier molecular flexibility index (Phi) is 4.01. The minimum atomic E-state index is -0.603. The molecule has 4 atom stereocenters. The standard InChI is InChI=1S/C16H22N2O3/c1-10-12(6-5-9-17-10)18-16(19)15-11(2)20-13-7-3-4-8-14(13)21-15/h3-4,7-8,10-12,15,17H,5-6,9H2,1-2H3,(H,18,19). The zero-order valence-electron chi connectivity index (χ0n) is 12.5. The Hall–Kier alpha value is -1.75. The van der Waals surface area contributed by atoms with Crippen molar-refractivity contribution in [2.24, 2.45) is 0 Å². The molecule has 1 saturated heterocycles. The van der Waals surface area contributed by atoms with Gasteiger partial charge in [-0.15, -0.1) is 0 Å². The van der Waals surface area contributed by atoms with Crippen molar-refractivity contribution in [3.8, 4) is 11.5 Å². The quantitative estimate of drug-likeness (QED) is 0.866. The molecule has 2 heterocycles. The number of rotatable bonds is 2. The third-order valence-electron chi connectivity index (χ3n) is 4.19. The second-order valence-corrected chi connectivity index (χ2v) is 5.81. The van der Waals surface area contributed by atoms with Crippen molar-refractivity contribution in [3.63, 3.8) is 0 Å². The predicted molar refractivity (Wildman–Crippen MR) is 79.6 cm³/mol. The summed E-state index contributed by atoms with van der Waals surface area (Å²) in [6.07, 6.45) is 1.18.